The molecule has 1 aromatic rings. The van der Waals surface area contributed by atoms with Crippen molar-refractivity contribution in [1.82, 2.24) is 0 Å². The number of alkyl halides is 1. The lowest BCUT2D eigenvalue weighted by atomic mass is 10.1. The van der Waals surface area contributed by atoms with Crippen LogP contribution in [-0.2, 0) is 6.42 Å². The molecule has 0 unspecified atom stereocenters. The molecule has 0 radical (unpaired) electrons. The van der Waals surface area contributed by atoms with Crippen LogP contribution in [0.2, 0.25) is 0 Å². The molecule has 1 rings (SSSR count). The molecule has 0 aromatic heterocycles. The third kappa shape index (κ3) is 3.98. The SMILES string of the molecule is CCOc1ccc(CCCI)cc1. The summed E-state index contributed by atoms with van der Waals surface area (Å²) in [6, 6.07) is 8.40. The summed E-state index contributed by atoms with van der Waals surface area (Å²) in [5.74, 6) is 0.973. The predicted octanol–water partition coefficient (Wildman–Crippen LogP) is 3.45. The van der Waals surface area contributed by atoms with Gasteiger partial charge in [0.15, 0.2) is 0 Å². The Labute approximate surface area is 93.6 Å². The van der Waals surface area contributed by atoms with E-state index in [1.807, 2.05) is 19.1 Å². The average molecular weight is 290 g/mol. The van der Waals surface area contributed by atoms with Crippen LogP contribution >= 0.6 is 22.6 Å². The van der Waals surface area contributed by atoms with E-state index in [0.29, 0.717) is 0 Å². The number of benzene rings is 1. The Kier molecular flexibility index (Phi) is 5.20. The van der Waals surface area contributed by atoms with Crippen molar-refractivity contribution in [3.63, 3.8) is 0 Å². The first-order valence-corrected chi connectivity index (χ1v) is 6.17. The smallest absolute Gasteiger partial charge is 0.119 e. The van der Waals surface area contributed by atoms with Gasteiger partial charge in [-0.05, 0) is 41.9 Å². The third-order valence-corrected chi connectivity index (χ3v) is 2.60. The topological polar surface area (TPSA) is 9.23 Å². The highest BCUT2D eigenvalue weighted by molar-refractivity contribution is 14.1. The molecule has 0 heterocycles. The minimum atomic E-state index is 0.743. The standard InChI is InChI=1S/C11H15IO/c1-2-13-11-7-5-10(6-8-11)4-3-9-12/h5-8H,2-4,9H2,1H3. The zero-order chi connectivity index (χ0) is 9.52. The number of rotatable bonds is 5. The molecule has 0 spiro atoms. The van der Waals surface area contributed by atoms with Crippen molar-refractivity contribution in [3.05, 3.63) is 29.8 Å². The minimum absolute atomic E-state index is 0.743. The van der Waals surface area contributed by atoms with Gasteiger partial charge in [-0.25, -0.2) is 0 Å². The summed E-state index contributed by atoms with van der Waals surface area (Å²) in [6.07, 6.45) is 2.43. The predicted molar refractivity (Wildman–Crippen MR) is 64.8 cm³/mol. The lowest BCUT2D eigenvalue weighted by molar-refractivity contribution is 0.340. The molecule has 2 heteroatoms. The molecule has 0 N–H and O–H groups in total. The zero-order valence-corrected chi connectivity index (χ0v) is 10.1. The number of ether oxygens (including phenoxy) is 1. The molecular weight excluding hydrogens is 275 g/mol. The van der Waals surface area contributed by atoms with Crippen LogP contribution < -0.4 is 4.74 Å². The van der Waals surface area contributed by atoms with Gasteiger partial charge in [-0.15, -0.1) is 0 Å². The summed E-state index contributed by atoms with van der Waals surface area (Å²) in [4.78, 5) is 0. The molecule has 0 aliphatic heterocycles. The molecule has 0 fully saturated rings. The fourth-order valence-corrected chi connectivity index (χ4v) is 1.57. The maximum atomic E-state index is 5.36. The van der Waals surface area contributed by atoms with E-state index in [2.05, 4.69) is 34.7 Å². The van der Waals surface area contributed by atoms with Gasteiger partial charge in [0.25, 0.3) is 0 Å². The van der Waals surface area contributed by atoms with Crippen LogP contribution in [0.5, 0.6) is 5.75 Å². The first-order valence-electron chi connectivity index (χ1n) is 4.64. The lowest BCUT2D eigenvalue weighted by Crippen LogP contribution is -1.91. The van der Waals surface area contributed by atoms with Gasteiger partial charge < -0.3 is 4.74 Å². The van der Waals surface area contributed by atoms with E-state index >= 15 is 0 Å². The second kappa shape index (κ2) is 6.24. The fourth-order valence-electron chi connectivity index (χ4n) is 1.19. The molecule has 0 bridgehead atoms. The zero-order valence-electron chi connectivity index (χ0n) is 7.92. The van der Waals surface area contributed by atoms with Crippen LogP contribution in [-0.4, -0.2) is 11.0 Å². The van der Waals surface area contributed by atoms with E-state index in [1.165, 1.54) is 22.8 Å². The van der Waals surface area contributed by atoms with Crippen LogP contribution in [0.4, 0.5) is 0 Å². The lowest BCUT2D eigenvalue weighted by Gasteiger charge is -2.03. The second-order valence-corrected chi connectivity index (χ2v) is 3.95. The average Bonchev–Trinajstić information content (AvgIpc) is 2.17. The Balaban J connectivity index is 2.48. The van der Waals surface area contributed by atoms with Crippen molar-refractivity contribution >= 4 is 22.6 Å². The van der Waals surface area contributed by atoms with Crippen LogP contribution in [0.3, 0.4) is 0 Å². The fraction of sp³-hybridized carbons (Fsp3) is 0.455. The molecule has 0 aliphatic carbocycles. The monoisotopic (exact) mass is 290 g/mol. The highest BCUT2D eigenvalue weighted by Crippen LogP contribution is 2.13. The summed E-state index contributed by atoms with van der Waals surface area (Å²) in [5.41, 5.74) is 1.40. The Morgan fingerprint density at radius 1 is 1.23 bits per heavy atom. The van der Waals surface area contributed by atoms with E-state index in [1.54, 1.807) is 0 Å². The maximum Gasteiger partial charge on any atom is 0.119 e. The Morgan fingerprint density at radius 2 is 1.92 bits per heavy atom. The Hall–Kier alpha value is -0.250. The Bertz CT molecular complexity index is 230. The number of hydrogen-bond acceptors (Lipinski definition) is 1. The first-order chi connectivity index (χ1) is 6.36. The van der Waals surface area contributed by atoms with Gasteiger partial charge in [0.2, 0.25) is 0 Å². The van der Waals surface area contributed by atoms with Gasteiger partial charge in [0, 0.05) is 0 Å². The van der Waals surface area contributed by atoms with Crippen LogP contribution in [0.15, 0.2) is 24.3 Å². The minimum Gasteiger partial charge on any atom is -0.494 e. The summed E-state index contributed by atoms with van der Waals surface area (Å²) >= 11 is 2.41. The van der Waals surface area contributed by atoms with Gasteiger partial charge in [-0.1, -0.05) is 34.7 Å². The van der Waals surface area contributed by atoms with Crippen molar-refractivity contribution in [2.75, 3.05) is 11.0 Å². The quantitative estimate of drug-likeness (QED) is 0.596. The largest absolute Gasteiger partial charge is 0.494 e. The van der Waals surface area contributed by atoms with Gasteiger partial charge in [-0.2, -0.15) is 0 Å². The van der Waals surface area contributed by atoms with Crippen molar-refractivity contribution in [1.29, 1.82) is 0 Å². The van der Waals surface area contributed by atoms with E-state index in [9.17, 15) is 0 Å². The molecule has 0 aliphatic rings. The van der Waals surface area contributed by atoms with E-state index < -0.39 is 0 Å². The third-order valence-electron chi connectivity index (χ3n) is 1.83. The molecule has 0 saturated heterocycles. The highest BCUT2D eigenvalue weighted by Gasteiger charge is 1.94. The number of halogens is 1. The molecule has 72 valence electrons. The molecule has 0 atom stereocenters. The molecule has 0 amide bonds. The normalized spacial score (nSPS) is 10.0. The van der Waals surface area contributed by atoms with Crippen molar-refractivity contribution in [3.8, 4) is 5.75 Å². The van der Waals surface area contributed by atoms with Gasteiger partial charge >= 0.3 is 0 Å². The first kappa shape index (κ1) is 10.8. The van der Waals surface area contributed by atoms with Gasteiger partial charge in [0.05, 0.1) is 6.61 Å². The molecule has 1 aromatic carbocycles. The van der Waals surface area contributed by atoms with Crippen molar-refractivity contribution in [2.24, 2.45) is 0 Å². The van der Waals surface area contributed by atoms with Crippen molar-refractivity contribution < 1.29 is 4.74 Å². The second-order valence-electron chi connectivity index (χ2n) is 2.87. The van der Waals surface area contributed by atoms with Crippen LogP contribution in [0.1, 0.15) is 18.9 Å². The highest BCUT2D eigenvalue weighted by atomic mass is 127. The van der Waals surface area contributed by atoms with Crippen molar-refractivity contribution in [2.45, 2.75) is 19.8 Å². The molecule has 0 saturated carbocycles. The van der Waals surface area contributed by atoms with E-state index in [4.69, 9.17) is 4.74 Å². The summed E-state index contributed by atoms with van der Waals surface area (Å²) in [5, 5.41) is 0. The number of aryl methyl sites for hydroxylation is 1. The molecular formula is C11H15IO. The van der Waals surface area contributed by atoms with Gasteiger partial charge in [-0.3, -0.25) is 0 Å². The summed E-state index contributed by atoms with van der Waals surface area (Å²) < 4.78 is 6.59. The molecule has 13 heavy (non-hydrogen) atoms. The van der Waals surface area contributed by atoms with E-state index in [-0.39, 0.29) is 0 Å². The van der Waals surface area contributed by atoms with Gasteiger partial charge in [0.1, 0.15) is 5.75 Å². The summed E-state index contributed by atoms with van der Waals surface area (Å²) in [6.45, 7) is 2.75. The maximum absolute atomic E-state index is 5.36. The number of hydrogen-bond donors (Lipinski definition) is 0. The van der Waals surface area contributed by atoms with Crippen LogP contribution in [0.25, 0.3) is 0 Å². The Morgan fingerprint density at radius 3 is 2.46 bits per heavy atom. The van der Waals surface area contributed by atoms with Crippen LogP contribution in [0, 0.1) is 0 Å². The van der Waals surface area contributed by atoms with E-state index in [0.717, 1.165) is 12.4 Å². The summed E-state index contributed by atoms with van der Waals surface area (Å²) in [7, 11) is 0. The molecule has 1 nitrogen and oxygen atoms in total.